The van der Waals surface area contributed by atoms with Crippen LogP contribution in [0.2, 0.25) is 10.0 Å². The quantitative estimate of drug-likeness (QED) is 0.730. The number of carbonyl (C=O) groups excluding carboxylic acids is 1. The maximum absolute atomic E-state index is 12.3. The molecule has 0 bridgehead atoms. The first-order valence-electron chi connectivity index (χ1n) is 7.09. The molecule has 0 radical (unpaired) electrons. The summed E-state index contributed by atoms with van der Waals surface area (Å²) in [5.41, 5.74) is 2.36. The molecular weight excluding hydrogens is 331 g/mol. The molecule has 5 heteroatoms. The molecule has 0 aliphatic heterocycles. The van der Waals surface area contributed by atoms with Gasteiger partial charge in [0, 0.05) is 40.2 Å². The van der Waals surface area contributed by atoms with Gasteiger partial charge in [0.1, 0.15) is 0 Å². The highest BCUT2D eigenvalue weighted by atomic mass is 35.5. The van der Waals surface area contributed by atoms with Gasteiger partial charge >= 0.3 is 0 Å². The lowest BCUT2D eigenvalue weighted by Gasteiger charge is -2.09. The highest BCUT2D eigenvalue weighted by Crippen LogP contribution is 2.21. The Kier molecular flexibility index (Phi) is 4.70. The number of rotatable bonds is 4. The van der Waals surface area contributed by atoms with Gasteiger partial charge in [0.25, 0.3) is 5.91 Å². The summed E-state index contributed by atoms with van der Waals surface area (Å²) in [7, 11) is 0. The van der Waals surface area contributed by atoms with Gasteiger partial charge in [0.15, 0.2) is 0 Å². The minimum absolute atomic E-state index is 0.148. The third-order valence-corrected chi connectivity index (χ3v) is 4.05. The van der Waals surface area contributed by atoms with Crippen LogP contribution in [0.5, 0.6) is 0 Å². The largest absolute Gasteiger partial charge is 0.348 e. The number of hydrogen-bond acceptors (Lipinski definition) is 1. The van der Waals surface area contributed by atoms with Gasteiger partial charge in [-0.2, -0.15) is 0 Å². The van der Waals surface area contributed by atoms with E-state index >= 15 is 0 Å². The Morgan fingerprint density at radius 3 is 2.52 bits per heavy atom. The average Bonchev–Trinajstić information content (AvgIpc) is 3.08. The van der Waals surface area contributed by atoms with E-state index in [0.29, 0.717) is 22.2 Å². The number of halogens is 2. The number of amides is 1. The molecule has 0 spiro atoms. The molecule has 3 rings (SSSR count). The predicted molar refractivity (Wildman–Crippen MR) is 93.4 cm³/mol. The fraction of sp³-hybridized carbons (Fsp3) is 0.0556. The summed E-state index contributed by atoms with van der Waals surface area (Å²) in [5.74, 6) is -0.148. The van der Waals surface area contributed by atoms with Crippen molar-refractivity contribution in [3.63, 3.8) is 0 Å². The van der Waals surface area contributed by atoms with E-state index in [2.05, 4.69) is 5.32 Å². The van der Waals surface area contributed by atoms with Crippen LogP contribution in [0.4, 0.5) is 0 Å². The summed E-state index contributed by atoms with van der Waals surface area (Å²) in [6.07, 6.45) is 3.87. The SMILES string of the molecule is O=C(NCc1ccc(Cl)cc1Cl)c1cccc(-n2cccc2)c1. The molecule has 1 heterocycles. The summed E-state index contributed by atoms with van der Waals surface area (Å²) in [5, 5.41) is 3.99. The van der Waals surface area contributed by atoms with Crippen LogP contribution in [0.25, 0.3) is 5.69 Å². The molecule has 0 fully saturated rings. The van der Waals surface area contributed by atoms with Crippen LogP contribution in [0.3, 0.4) is 0 Å². The van der Waals surface area contributed by atoms with Crippen molar-refractivity contribution < 1.29 is 4.79 Å². The van der Waals surface area contributed by atoms with Crippen molar-refractivity contribution in [2.24, 2.45) is 0 Å². The summed E-state index contributed by atoms with van der Waals surface area (Å²) >= 11 is 12.0. The Morgan fingerprint density at radius 2 is 1.78 bits per heavy atom. The zero-order valence-electron chi connectivity index (χ0n) is 12.2. The Hall–Kier alpha value is -2.23. The summed E-state index contributed by atoms with van der Waals surface area (Å²) in [6.45, 7) is 0.350. The molecule has 1 N–H and O–H groups in total. The number of benzene rings is 2. The van der Waals surface area contributed by atoms with E-state index in [1.807, 2.05) is 47.3 Å². The van der Waals surface area contributed by atoms with E-state index in [4.69, 9.17) is 23.2 Å². The van der Waals surface area contributed by atoms with Crippen LogP contribution in [-0.4, -0.2) is 10.5 Å². The van der Waals surface area contributed by atoms with Gasteiger partial charge in [0.05, 0.1) is 0 Å². The van der Waals surface area contributed by atoms with Crippen molar-refractivity contribution in [2.45, 2.75) is 6.54 Å². The van der Waals surface area contributed by atoms with Gasteiger partial charge in [0.2, 0.25) is 0 Å². The molecule has 2 aromatic carbocycles. The molecule has 23 heavy (non-hydrogen) atoms. The standard InChI is InChI=1S/C18H14Cl2N2O/c19-15-7-6-14(17(20)11-15)12-21-18(23)13-4-3-5-16(10-13)22-8-1-2-9-22/h1-11H,12H2,(H,21,23). The third kappa shape index (κ3) is 3.76. The maximum atomic E-state index is 12.3. The van der Waals surface area contributed by atoms with Crippen LogP contribution < -0.4 is 5.32 Å². The first-order chi connectivity index (χ1) is 11.1. The zero-order valence-corrected chi connectivity index (χ0v) is 13.7. The van der Waals surface area contributed by atoms with Crippen LogP contribution in [-0.2, 0) is 6.54 Å². The second-order valence-electron chi connectivity index (χ2n) is 5.06. The highest BCUT2D eigenvalue weighted by molar-refractivity contribution is 6.35. The zero-order chi connectivity index (χ0) is 16.2. The topological polar surface area (TPSA) is 34.0 Å². The molecule has 0 aliphatic rings. The van der Waals surface area contributed by atoms with Crippen molar-refractivity contribution in [3.8, 4) is 5.69 Å². The lowest BCUT2D eigenvalue weighted by atomic mass is 10.1. The molecule has 0 unspecified atom stereocenters. The minimum Gasteiger partial charge on any atom is -0.348 e. The van der Waals surface area contributed by atoms with E-state index in [1.54, 1.807) is 24.3 Å². The van der Waals surface area contributed by atoms with Gasteiger partial charge in [-0.3, -0.25) is 4.79 Å². The minimum atomic E-state index is -0.148. The Balaban J connectivity index is 1.72. The number of nitrogens with one attached hydrogen (secondary N) is 1. The lowest BCUT2D eigenvalue weighted by Crippen LogP contribution is -2.23. The first kappa shape index (κ1) is 15.7. The number of aromatic nitrogens is 1. The van der Waals surface area contributed by atoms with Gasteiger partial charge < -0.3 is 9.88 Å². The van der Waals surface area contributed by atoms with E-state index in [1.165, 1.54) is 0 Å². The molecule has 116 valence electrons. The lowest BCUT2D eigenvalue weighted by molar-refractivity contribution is 0.0951. The monoisotopic (exact) mass is 344 g/mol. The van der Waals surface area contributed by atoms with Gasteiger partial charge in [-0.15, -0.1) is 0 Å². The Morgan fingerprint density at radius 1 is 1.00 bits per heavy atom. The van der Waals surface area contributed by atoms with Crippen LogP contribution in [0.1, 0.15) is 15.9 Å². The summed E-state index contributed by atoms with van der Waals surface area (Å²) < 4.78 is 1.95. The fourth-order valence-corrected chi connectivity index (χ4v) is 2.73. The average molecular weight is 345 g/mol. The van der Waals surface area contributed by atoms with Crippen molar-refractivity contribution in [1.82, 2.24) is 9.88 Å². The van der Waals surface area contributed by atoms with E-state index in [-0.39, 0.29) is 5.91 Å². The van der Waals surface area contributed by atoms with Crippen molar-refractivity contribution in [3.05, 3.63) is 88.2 Å². The fourth-order valence-electron chi connectivity index (χ4n) is 2.26. The molecule has 3 nitrogen and oxygen atoms in total. The molecular formula is C18H14Cl2N2O. The maximum Gasteiger partial charge on any atom is 0.251 e. The Bertz CT molecular complexity index is 829. The first-order valence-corrected chi connectivity index (χ1v) is 7.84. The molecule has 1 aromatic heterocycles. The normalized spacial score (nSPS) is 10.5. The smallest absolute Gasteiger partial charge is 0.251 e. The van der Waals surface area contributed by atoms with Crippen LogP contribution in [0, 0.1) is 0 Å². The van der Waals surface area contributed by atoms with Crippen molar-refractivity contribution in [1.29, 1.82) is 0 Å². The molecule has 0 atom stereocenters. The molecule has 3 aromatic rings. The Labute approximate surface area is 144 Å². The molecule has 0 saturated heterocycles. The van der Waals surface area contributed by atoms with E-state index < -0.39 is 0 Å². The highest BCUT2D eigenvalue weighted by Gasteiger charge is 2.08. The van der Waals surface area contributed by atoms with Gasteiger partial charge in [-0.1, -0.05) is 35.3 Å². The van der Waals surface area contributed by atoms with Crippen LogP contribution in [0.15, 0.2) is 67.0 Å². The predicted octanol–water partition coefficient (Wildman–Crippen LogP) is 4.71. The van der Waals surface area contributed by atoms with E-state index in [0.717, 1.165) is 11.3 Å². The molecule has 0 aliphatic carbocycles. The van der Waals surface area contributed by atoms with Gasteiger partial charge in [-0.05, 0) is 48.0 Å². The number of carbonyl (C=O) groups is 1. The second-order valence-corrected chi connectivity index (χ2v) is 5.90. The van der Waals surface area contributed by atoms with Crippen molar-refractivity contribution in [2.75, 3.05) is 0 Å². The summed E-state index contributed by atoms with van der Waals surface area (Å²) in [4.78, 5) is 12.3. The molecule has 1 amide bonds. The summed E-state index contributed by atoms with van der Waals surface area (Å²) in [6, 6.07) is 16.5. The molecule has 0 saturated carbocycles. The van der Waals surface area contributed by atoms with Crippen molar-refractivity contribution >= 4 is 29.1 Å². The number of hydrogen-bond donors (Lipinski definition) is 1. The second kappa shape index (κ2) is 6.90. The van der Waals surface area contributed by atoms with Crippen LogP contribution >= 0.6 is 23.2 Å². The van der Waals surface area contributed by atoms with Gasteiger partial charge in [-0.25, -0.2) is 0 Å². The van der Waals surface area contributed by atoms with E-state index in [9.17, 15) is 4.79 Å². The number of nitrogens with zero attached hydrogens (tertiary/aromatic N) is 1. The third-order valence-electron chi connectivity index (χ3n) is 3.47.